The molecule has 156 valence electrons. The number of fused-ring (bicyclic) bond motifs is 1. The Morgan fingerprint density at radius 3 is 2.57 bits per heavy atom. The smallest absolute Gasteiger partial charge is 0.202 e. The molecule has 30 heavy (non-hydrogen) atoms. The Labute approximate surface area is 178 Å². The van der Waals surface area contributed by atoms with Gasteiger partial charge in [-0.2, -0.15) is 5.10 Å². The zero-order chi connectivity index (χ0) is 20.9. The van der Waals surface area contributed by atoms with Gasteiger partial charge in [-0.15, -0.1) is 21.1 Å². The summed E-state index contributed by atoms with van der Waals surface area (Å²) in [7, 11) is 3.44. The van der Waals surface area contributed by atoms with Gasteiger partial charge in [0.1, 0.15) is 5.69 Å². The zero-order valence-electron chi connectivity index (χ0n) is 17.3. The van der Waals surface area contributed by atoms with E-state index in [9.17, 15) is 0 Å². The Morgan fingerprint density at radius 2 is 1.87 bits per heavy atom. The fraction of sp³-hybridized carbons (Fsp3) is 0.333. The lowest BCUT2D eigenvalue weighted by Gasteiger charge is -2.22. The third-order valence-electron chi connectivity index (χ3n) is 4.70. The van der Waals surface area contributed by atoms with Gasteiger partial charge in [0.2, 0.25) is 5.82 Å². The summed E-state index contributed by atoms with van der Waals surface area (Å²) in [5, 5.41) is 11.2. The van der Waals surface area contributed by atoms with Gasteiger partial charge in [0.25, 0.3) is 0 Å². The number of hydrogen-bond donors (Lipinski definition) is 0. The van der Waals surface area contributed by atoms with E-state index in [1.54, 1.807) is 36.4 Å². The van der Waals surface area contributed by atoms with Crippen molar-refractivity contribution in [3.8, 4) is 11.5 Å². The van der Waals surface area contributed by atoms with Crippen LogP contribution in [0.25, 0.3) is 23.2 Å². The van der Waals surface area contributed by atoms with Crippen LogP contribution in [-0.2, 0) is 9.47 Å². The average molecular weight is 425 g/mol. The summed E-state index contributed by atoms with van der Waals surface area (Å²) >= 11 is 1.72. The molecule has 0 saturated heterocycles. The van der Waals surface area contributed by atoms with Crippen LogP contribution in [0, 0.1) is 6.92 Å². The fourth-order valence-electron chi connectivity index (χ4n) is 3.14. The summed E-state index contributed by atoms with van der Waals surface area (Å²) in [6.45, 7) is 4.95. The van der Waals surface area contributed by atoms with E-state index in [2.05, 4.69) is 43.3 Å². The van der Waals surface area contributed by atoms with Gasteiger partial charge in [-0.1, -0.05) is 6.07 Å². The molecule has 0 amide bonds. The maximum atomic E-state index is 5.25. The van der Waals surface area contributed by atoms with Gasteiger partial charge < -0.3 is 14.4 Å². The van der Waals surface area contributed by atoms with E-state index in [1.165, 1.54) is 5.00 Å². The van der Waals surface area contributed by atoms with Crippen molar-refractivity contribution in [1.82, 2.24) is 24.8 Å². The summed E-state index contributed by atoms with van der Waals surface area (Å²) in [5.74, 6) is 0.574. The Kier molecular flexibility index (Phi) is 6.32. The Balaban J connectivity index is 1.66. The molecular weight excluding hydrogens is 400 g/mol. The summed E-state index contributed by atoms with van der Waals surface area (Å²) in [6.07, 6.45) is 3.85. The maximum Gasteiger partial charge on any atom is 0.202 e. The van der Waals surface area contributed by atoms with Crippen molar-refractivity contribution in [2.45, 2.75) is 6.92 Å². The molecule has 0 bridgehead atoms. The van der Waals surface area contributed by atoms with Crippen molar-refractivity contribution in [2.75, 3.05) is 45.4 Å². The molecule has 4 aromatic heterocycles. The lowest BCUT2D eigenvalue weighted by Crippen LogP contribution is -2.29. The minimum Gasteiger partial charge on any atom is -0.383 e. The summed E-state index contributed by atoms with van der Waals surface area (Å²) in [4.78, 5) is 12.4. The highest BCUT2D eigenvalue weighted by Crippen LogP contribution is 2.26. The van der Waals surface area contributed by atoms with Crippen LogP contribution in [0.3, 0.4) is 0 Å². The molecular formula is C21H24N6O2S. The van der Waals surface area contributed by atoms with Crippen molar-refractivity contribution < 1.29 is 9.47 Å². The maximum absolute atomic E-state index is 5.25. The second-order valence-electron chi connectivity index (χ2n) is 6.76. The first-order chi connectivity index (χ1) is 14.7. The Hall–Kier alpha value is -2.88. The van der Waals surface area contributed by atoms with Crippen LogP contribution in [0.4, 0.5) is 5.00 Å². The standard InChI is InChI=1S/C21H24N6O2S/c1-15-17(21-23-20(25-27(21)24-15)18-6-4-5-9-22-18)14-16-7-8-19(30-16)26(10-12-28-2)11-13-29-3/h4-9,14H,10-13H2,1-3H3. The molecule has 9 heteroatoms. The molecule has 4 heterocycles. The highest BCUT2D eigenvalue weighted by Gasteiger charge is 2.13. The van der Waals surface area contributed by atoms with Crippen molar-refractivity contribution in [3.05, 3.63) is 52.3 Å². The van der Waals surface area contributed by atoms with E-state index >= 15 is 0 Å². The summed E-state index contributed by atoms with van der Waals surface area (Å²) < 4.78 is 12.1. The van der Waals surface area contributed by atoms with Crippen LogP contribution >= 0.6 is 11.3 Å². The average Bonchev–Trinajstić information content (AvgIpc) is 3.46. The lowest BCUT2D eigenvalue weighted by atomic mass is 10.3. The first-order valence-electron chi connectivity index (χ1n) is 9.68. The molecule has 4 rings (SSSR count). The van der Waals surface area contributed by atoms with Crippen LogP contribution < -0.4 is 10.1 Å². The molecule has 0 aromatic carbocycles. The number of aryl methyl sites for hydroxylation is 1. The van der Waals surface area contributed by atoms with Gasteiger partial charge in [0, 0.05) is 43.6 Å². The van der Waals surface area contributed by atoms with E-state index in [-0.39, 0.29) is 0 Å². The molecule has 0 aliphatic rings. The molecule has 0 unspecified atom stereocenters. The molecule has 0 radical (unpaired) electrons. The number of hydrogen-bond acceptors (Lipinski definition) is 8. The van der Waals surface area contributed by atoms with Crippen molar-refractivity contribution in [2.24, 2.45) is 0 Å². The first kappa shape index (κ1) is 20.4. The highest BCUT2D eigenvalue weighted by molar-refractivity contribution is 7.16. The number of nitrogens with zero attached hydrogens (tertiary/aromatic N) is 6. The van der Waals surface area contributed by atoms with E-state index in [4.69, 9.17) is 9.47 Å². The molecule has 0 saturated carbocycles. The predicted molar refractivity (Wildman–Crippen MR) is 118 cm³/mol. The third kappa shape index (κ3) is 4.33. The molecule has 0 spiro atoms. The first-order valence-corrected chi connectivity index (χ1v) is 10.5. The van der Waals surface area contributed by atoms with E-state index in [0.717, 1.165) is 40.2 Å². The molecule has 0 aliphatic heterocycles. The fourth-order valence-corrected chi connectivity index (χ4v) is 4.14. The van der Waals surface area contributed by atoms with Crippen LogP contribution in [0.1, 0.15) is 10.6 Å². The minimum atomic E-state index is 0.574. The van der Waals surface area contributed by atoms with Crippen LogP contribution in [0.5, 0.6) is 0 Å². The van der Waals surface area contributed by atoms with Gasteiger partial charge >= 0.3 is 0 Å². The number of anilines is 1. The Bertz CT molecular complexity index is 1150. The van der Waals surface area contributed by atoms with Crippen molar-refractivity contribution in [3.63, 3.8) is 0 Å². The number of thiophene rings is 1. The SMILES string of the molecule is COCCN(CCOC)c1ccc(C=c2c(C)nn3nc(-c4ccccn4)nc23)s1. The molecule has 0 atom stereocenters. The molecule has 4 aromatic rings. The number of rotatable bonds is 9. The zero-order valence-corrected chi connectivity index (χ0v) is 18.1. The second kappa shape index (κ2) is 9.29. The van der Waals surface area contributed by atoms with Gasteiger partial charge in [-0.25, -0.2) is 4.98 Å². The van der Waals surface area contributed by atoms with E-state index < -0.39 is 0 Å². The molecule has 0 fully saturated rings. The van der Waals surface area contributed by atoms with Gasteiger partial charge in [0.15, 0.2) is 5.65 Å². The lowest BCUT2D eigenvalue weighted by molar-refractivity contribution is 0.190. The minimum absolute atomic E-state index is 0.574. The normalized spacial score (nSPS) is 12.2. The van der Waals surface area contributed by atoms with Gasteiger partial charge in [0.05, 0.1) is 23.9 Å². The quantitative estimate of drug-likeness (QED) is 0.408. The van der Waals surface area contributed by atoms with Crippen LogP contribution in [0.15, 0.2) is 36.5 Å². The van der Waals surface area contributed by atoms with Gasteiger partial charge in [-0.05, 0) is 37.3 Å². The molecule has 8 nitrogen and oxygen atoms in total. The topological polar surface area (TPSA) is 77.7 Å². The van der Waals surface area contributed by atoms with Crippen molar-refractivity contribution in [1.29, 1.82) is 0 Å². The van der Waals surface area contributed by atoms with E-state index in [0.29, 0.717) is 19.0 Å². The molecule has 0 aliphatic carbocycles. The second-order valence-corrected chi connectivity index (χ2v) is 7.85. The number of aromatic nitrogens is 5. The number of pyridine rings is 1. The van der Waals surface area contributed by atoms with Crippen LogP contribution in [0.2, 0.25) is 0 Å². The predicted octanol–water partition coefficient (Wildman–Crippen LogP) is 2.20. The number of methoxy groups -OCH3 is 2. The van der Waals surface area contributed by atoms with E-state index in [1.807, 2.05) is 25.1 Å². The summed E-state index contributed by atoms with van der Waals surface area (Å²) in [5.41, 5.74) is 2.36. The Morgan fingerprint density at radius 1 is 1.07 bits per heavy atom. The highest BCUT2D eigenvalue weighted by atomic mass is 32.1. The molecule has 0 N–H and O–H groups in total. The summed E-state index contributed by atoms with van der Waals surface area (Å²) in [6, 6.07) is 9.94. The number of ether oxygens (including phenoxy) is 2. The van der Waals surface area contributed by atoms with Crippen molar-refractivity contribution >= 4 is 28.1 Å². The van der Waals surface area contributed by atoms with Gasteiger partial charge in [-0.3, -0.25) is 4.98 Å². The largest absolute Gasteiger partial charge is 0.383 e. The van der Waals surface area contributed by atoms with Crippen LogP contribution in [-0.4, -0.2) is 65.3 Å². The third-order valence-corrected chi connectivity index (χ3v) is 5.79. The monoisotopic (exact) mass is 424 g/mol.